The molecule has 1 heterocycles. The summed E-state index contributed by atoms with van der Waals surface area (Å²) < 4.78 is 1.93. The molecular formula is C23H38N8O. The Hall–Kier alpha value is -3.10. The first-order chi connectivity index (χ1) is 15.4. The molecule has 176 valence electrons. The molecule has 1 amide bonds. The zero-order valence-electron chi connectivity index (χ0n) is 20.4. The quantitative estimate of drug-likeness (QED) is 0.325. The molecule has 2 aromatic rings. The molecule has 2 rings (SSSR count). The zero-order valence-corrected chi connectivity index (χ0v) is 20.4. The van der Waals surface area contributed by atoms with Crippen molar-refractivity contribution in [1.29, 1.82) is 0 Å². The third-order valence-electron chi connectivity index (χ3n) is 5.55. The van der Waals surface area contributed by atoms with E-state index in [0.717, 1.165) is 31.2 Å². The topological polar surface area (TPSA) is 81.9 Å². The highest BCUT2D eigenvalue weighted by Gasteiger charge is 2.16. The molecule has 0 bridgehead atoms. The molecule has 0 atom stereocenters. The van der Waals surface area contributed by atoms with E-state index in [1.165, 1.54) is 5.69 Å². The van der Waals surface area contributed by atoms with Crippen LogP contribution < -0.4 is 10.2 Å². The molecule has 0 spiro atoms. The number of carbonyl (C=O) groups excluding carboxylic acids is 1. The lowest BCUT2D eigenvalue weighted by Gasteiger charge is -2.26. The van der Waals surface area contributed by atoms with E-state index in [0.29, 0.717) is 25.6 Å². The van der Waals surface area contributed by atoms with Crippen molar-refractivity contribution in [3.63, 3.8) is 0 Å². The maximum atomic E-state index is 12.6. The average molecular weight is 443 g/mol. The number of carbonyl (C=O) groups is 1. The highest BCUT2D eigenvalue weighted by Crippen LogP contribution is 2.10. The largest absolute Gasteiger partial charge is 0.375 e. The van der Waals surface area contributed by atoms with Crippen molar-refractivity contribution < 1.29 is 4.79 Å². The van der Waals surface area contributed by atoms with Crippen molar-refractivity contribution in [2.45, 2.75) is 33.7 Å². The highest BCUT2D eigenvalue weighted by atomic mass is 16.2. The Bertz CT molecular complexity index is 860. The molecular weight excluding hydrogens is 404 g/mol. The number of nitrogens with zero attached hydrogens (tertiary/aromatic N) is 7. The Morgan fingerprint density at radius 1 is 1.12 bits per heavy atom. The van der Waals surface area contributed by atoms with Crippen molar-refractivity contribution >= 4 is 17.6 Å². The van der Waals surface area contributed by atoms with Gasteiger partial charge in [0.05, 0.1) is 6.54 Å². The van der Waals surface area contributed by atoms with Crippen molar-refractivity contribution in [3.05, 3.63) is 42.0 Å². The van der Waals surface area contributed by atoms with Crippen LogP contribution in [0, 0.1) is 6.92 Å². The number of aliphatic imine (C=N–C) groups is 1. The van der Waals surface area contributed by atoms with Crippen molar-refractivity contribution in [3.8, 4) is 0 Å². The van der Waals surface area contributed by atoms with Crippen LogP contribution in [0.1, 0.15) is 31.9 Å². The number of para-hydroxylation sites is 1. The minimum absolute atomic E-state index is 0.0883. The molecule has 32 heavy (non-hydrogen) atoms. The van der Waals surface area contributed by atoms with E-state index >= 15 is 0 Å². The third-order valence-corrected chi connectivity index (χ3v) is 5.55. The lowest BCUT2D eigenvalue weighted by molar-refractivity contribution is -0.131. The predicted molar refractivity (Wildman–Crippen MR) is 130 cm³/mol. The van der Waals surface area contributed by atoms with E-state index in [2.05, 4.69) is 39.6 Å². The number of hydrogen-bond acceptors (Lipinski definition) is 5. The summed E-state index contributed by atoms with van der Waals surface area (Å²) in [5, 5.41) is 11.7. The van der Waals surface area contributed by atoms with Crippen molar-refractivity contribution in [2.75, 3.05) is 51.7 Å². The summed E-state index contributed by atoms with van der Waals surface area (Å²) in [4.78, 5) is 23.3. The van der Waals surface area contributed by atoms with Gasteiger partial charge in [-0.05, 0) is 39.3 Å². The van der Waals surface area contributed by atoms with Crippen LogP contribution in [-0.2, 0) is 18.4 Å². The molecule has 0 radical (unpaired) electrons. The molecule has 9 nitrogen and oxygen atoms in total. The van der Waals surface area contributed by atoms with Crippen LogP contribution in [-0.4, -0.2) is 83.3 Å². The van der Waals surface area contributed by atoms with E-state index in [9.17, 15) is 4.79 Å². The lowest BCUT2D eigenvalue weighted by atomic mass is 10.3. The summed E-state index contributed by atoms with van der Waals surface area (Å²) in [5.74, 6) is 2.41. The van der Waals surface area contributed by atoms with Gasteiger partial charge in [-0.2, -0.15) is 0 Å². The van der Waals surface area contributed by atoms with Gasteiger partial charge in [-0.25, -0.2) is 4.99 Å². The van der Waals surface area contributed by atoms with Gasteiger partial charge in [0.2, 0.25) is 5.91 Å². The number of hydrogen-bond donors (Lipinski definition) is 1. The van der Waals surface area contributed by atoms with Crippen LogP contribution in [0.3, 0.4) is 0 Å². The smallest absolute Gasteiger partial charge is 0.242 e. The third kappa shape index (κ3) is 7.25. The minimum Gasteiger partial charge on any atom is -0.375 e. The summed E-state index contributed by atoms with van der Waals surface area (Å²) in [6.45, 7) is 9.63. The van der Waals surface area contributed by atoms with Crippen molar-refractivity contribution in [2.24, 2.45) is 12.0 Å². The zero-order chi connectivity index (χ0) is 23.5. The van der Waals surface area contributed by atoms with Crippen LogP contribution >= 0.6 is 0 Å². The van der Waals surface area contributed by atoms with Gasteiger partial charge >= 0.3 is 0 Å². The van der Waals surface area contributed by atoms with Gasteiger partial charge in [0, 0.05) is 53.0 Å². The van der Waals surface area contributed by atoms with Crippen LogP contribution in [0.5, 0.6) is 0 Å². The number of aromatic nitrogens is 3. The molecule has 0 unspecified atom stereocenters. The Morgan fingerprint density at radius 2 is 1.81 bits per heavy atom. The maximum Gasteiger partial charge on any atom is 0.242 e. The average Bonchev–Trinajstić information content (AvgIpc) is 3.11. The van der Waals surface area contributed by atoms with E-state index in [4.69, 9.17) is 4.99 Å². The van der Waals surface area contributed by atoms with Gasteiger partial charge < -0.3 is 24.6 Å². The molecule has 0 aliphatic carbocycles. The normalized spacial score (nSPS) is 11.4. The second kappa shape index (κ2) is 12.7. The second-order valence-corrected chi connectivity index (χ2v) is 7.82. The highest BCUT2D eigenvalue weighted by molar-refractivity contribution is 5.86. The maximum absolute atomic E-state index is 12.6. The van der Waals surface area contributed by atoms with Gasteiger partial charge in [0.1, 0.15) is 12.4 Å². The molecule has 0 aliphatic rings. The molecule has 1 N–H and O–H groups in total. The number of likely N-dealkylation sites (N-methyl/N-ethyl adjacent to an activating group) is 2. The van der Waals surface area contributed by atoms with Crippen LogP contribution in [0.25, 0.3) is 0 Å². The molecule has 1 aromatic heterocycles. The van der Waals surface area contributed by atoms with E-state index in [1.54, 1.807) is 0 Å². The first-order valence-electron chi connectivity index (χ1n) is 11.3. The Balaban J connectivity index is 2.00. The second-order valence-electron chi connectivity index (χ2n) is 7.82. The van der Waals surface area contributed by atoms with E-state index in [-0.39, 0.29) is 12.5 Å². The van der Waals surface area contributed by atoms with Crippen LogP contribution in [0.15, 0.2) is 35.3 Å². The molecule has 0 fully saturated rings. The summed E-state index contributed by atoms with van der Waals surface area (Å²) in [7, 11) is 5.92. The Morgan fingerprint density at radius 3 is 2.41 bits per heavy atom. The standard InChI is InChI=1S/C23H38N8O/c1-7-31(8-2)22(32)18-29(5)23(25-17-21-27-26-19(3)30(21)6)24-15-12-16-28(4)20-13-10-9-11-14-20/h9-11,13-14H,7-8,12,15-18H2,1-6H3,(H,24,25). The number of amides is 1. The number of benzene rings is 1. The van der Waals surface area contributed by atoms with Gasteiger partial charge in [-0.3, -0.25) is 4.79 Å². The van der Waals surface area contributed by atoms with Crippen LogP contribution in [0.4, 0.5) is 5.69 Å². The summed E-state index contributed by atoms with van der Waals surface area (Å²) in [6, 6.07) is 10.3. The van der Waals surface area contributed by atoms with Gasteiger partial charge in [0.15, 0.2) is 11.8 Å². The Labute approximate surface area is 192 Å². The number of aryl methyl sites for hydroxylation is 1. The number of guanidine groups is 1. The summed E-state index contributed by atoms with van der Waals surface area (Å²) >= 11 is 0. The summed E-state index contributed by atoms with van der Waals surface area (Å²) in [5.41, 5.74) is 1.20. The SMILES string of the molecule is CCN(CC)C(=O)CN(C)C(=NCc1nnc(C)n1C)NCCCN(C)c1ccccc1. The number of nitrogens with one attached hydrogen (secondary N) is 1. The predicted octanol–water partition coefficient (Wildman–Crippen LogP) is 1.90. The van der Waals surface area contributed by atoms with E-state index in [1.807, 2.05) is 67.4 Å². The molecule has 9 heteroatoms. The monoisotopic (exact) mass is 442 g/mol. The lowest BCUT2D eigenvalue weighted by Crippen LogP contribution is -2.46. The molecule has 0 aliphatic heterocycles. The fourth-order valence-electron chi connectivity index (χ4n) is 3.33. The summed E-state index contributed by atoms with van der Waals surface area (Å²) in [6.07, 6.45) is 0.936. The first-order valence-corrected chi connectivity index (χ1v) is 11.3. The number of anilines is 1. The van der Waals surface area contributed by atoms with Gasteiger partial charge in [-0.15, -0.1) is 10.2 Å². The fraction of sp³-hybridized carbons (Fsp3) is 0.565. The number of rotatable bonds is 11. The molecule has 0 saturated carbocycles. The minimum atomic E-state index is 0.0883. The Kier molecular flexibility index (Phi) is 9.97. The van der Waals surface area contributed by atoms with Gasteiger partial charge in [-0.1, -0.05) is 18.2 Å². The molecule has 1 aromatic carbocycles. The van der Waals surface area contributed by atoms with E-state index < -0.39 is 0 Å². The molecule has 0 saturated heterocycles. The fourth-order valence-corrected chi connectivity index (χ4v) is 3.33. The first kappa shape index (κ1) is 25.2. The van der Waals surface area contributed by atoms with Gasteiger partial charge in [0.25, 0.3) is 0 Å². The van der Waals surface area contributed by atoms with Crippen LogP contribution in [0.2, 0.25) is 0 Å². The van der Waals surface area contributed by atoms with Crippen molar-refractivity contribution in [1.82, 2.24) is 29.9 Å².